The molecule has 4 aromatic rings. The predicted molar refractivity (Wildman–Crippen MR) is 126 cm³/mol. The number of aryl methyl sites for hydroxylation is 1. The number of carbonyl (C=O) groups is 1. The molecule has 170 valence electrons. The highest BCUT2D eigenvalue weighted by Gasteiger charge is 2.25. The minimum Gasteiger partial charge on any atom is -0.370 e. The van der Waals surface area contributed by atoms with Crippen LogP contribution in [0.1, 0.15) is 28.0 Å². The monoisotopic (exact) mass is 455 g/mol. The molecule has 3 heterocycles. The van der Waals surface area contributed by atoms with Crippen LogP contribution in [0.5, 0.6) is 0 Å². The second kappa shape index (κ2) is 8.94. The molecule has 8 heteroatoms. The molecule has 0 saturated carbocycles. The van der Waals surface area contributed by atoms with Gasteiger partial charge >= 0.3 is 0 Å². The Kier molecular flexibility index (Phi) is 5.68. The summed E-state index contributed by atoms with van der Waals surface area (Å²) in [6, 6.07) is 17.4. The maximum absolute atomic E-state index is 13.7. The van der Waals surface area contributed by atoms with Gasteiger partial charge in [-0.05, 0) is 67.9 Å². The Balaban J connectivity index is 1.44. The van der Waals surface area contributed by atoms with Gasteiger partial charge in [0.15, 0.2) is 0 Å². The topological polar surface area (TPSA) is 86.3 Å². The highest BCUT2D eigenvalue weighted by atomic mass is 19.1. The fraction of sp³-hybridized carbons (Fsp3) is 0.231. The van der Waals surface area contributed by atoms with Gasteiger partial charge in [0.25, 0.3) is 11.6 Å². The minimum atomic E-state index is -0.340. The Morgan fingerprint density at radius 2 is 1.82 bits per heavy atom. The lowest BCUT2D eigenvalue weighted by Gasteiger charge is -2.24. The van der Waals surface area contributed by atoms with Gasteiger partial charge in [-0.25, -0.2) is 9.37 Å². The van der Waals surface area contributed by atoms with E-state index in [1.807, 2.05) is 29.2 Å². The zero-order valence-electron chi connectivity index (χ0n) is 18.7. The summed E-state index contributed by atoms with van der Waals surface area (Å²) in [6.07, 6.45) is 0.813. The highest BCUT2D eigenvalue weighted by molar-refractivity contribution is 6.07. The van der Waals surface area contributed by atoms with E-state index in [2.05, 4.69) is 21.1 Å². The number of rotatable bonds is 3. The van der Waals surface area contributed by atoms with Crippen molar-refractivity contribution in [1.29, 1.82) is 5.26 Å². The standard InChI is InChI=1S/C26H22FN5O2/c1-17-24-22(15-23(29-25(24)34-30-17)19-5-7-20(27)8-6-19)26(33)32-12-2-11-31(13-14-32)21-9-3-18(16-28)4-10-21/h3-10,15H,2,11-14H2,1H3. The maximum atomic E-state index is 13.7. The van der Waals surface area contributed by atoms with Crippen molar-refractivity contribution in [2.75, 3.05) is 31.1 Å². The first-order valence-corrected chi connectivity index (χ1v) is 11.1. The van der Waals surface area contributed by atoms with E-state index in [1.54, 1.807) is 25.1 Å². The molecule has 1 amide bonds. The largest absolute Gasteiger partial charge is 0.370 e. The lowest BCUT2D eigenvalue weighted by Crippen LogP contribution is -2.35. The summed E-state index contributed by atoms with van der Waals surface area (Å²) >= 11 is 0. The maximum Gasteiger partial charge on any atom is 0.259 e. The zero-order valence-corrected chi connectivity index (χ0v) is 18.7. The summed E-state index contributed by atoms with van der Waals surface area (Å²) in [5, 5.41) is 13.7. The summed E-state index contributed by atoms with van der Waals surface area (Å²) in [7, 11) is 0. The number of hydrogen-bond acceptors (Lipinski definition) is 6. The van der Waals surface area contributed by atoms with Gasteiger partial charge < -0.3 is 14.3 Å². The molecule has 1 aliphatic rings. The van der Waals surface area contributed by atoms with Crippen LogP contribution in [-0.4, -0.2) is 47.1 Å². The summed E-state index contributed by atoms with van der Waals surface area (Å²) in [4.78, 5) is 22.3. The predicted octanol–water partition coefficient (Wildman–Crippen LogP) is 4.56. The lowest BCUT2D eigenvalue weighted by atomic mass is 10.0. The molecule has 0 spiro atoms. The van der Waals surface area contributed by atoms with Crippen molar-refractivity contribution in [3.8, 4) is 17.3 Å². The SMILES string of the molecule is Cc1noc2nc(-c3ccc(F)cc3)cc(C(=O)N3CCCN(c4ccc(C#N)cc4)CC3)c12. The van der Waals surface area contributed by atoms with Crippen LogP contribution in [0.15, 0.2) is 59.1 Å². The summed E-state index contributed by atoms with van der Waals surface area (Å²) in [6.45, 7) is 4.45. The molecule has 0 aliphatic carbocycles. The molecule has 2 aromatic heterocycles. The number of halogens is 1. The van der Waals surface area contributed by atoms with Crippen LogP contribution in [0.4, 0.5) is 10.1 Å². The van der Waals surface area contributed by atoms with Crippen molar-refractivity contribution in [1.82, 2.24) is 15.0 Å². The Hall–Kier alpha value is -4.25. The van der Waals surface area contributed by atoms with Crippen molar-refractivity contribution in [3.05, 3.63) is 77.2 Å². The number of benzene rings is 2. The number of aromatic nitrogens is 2. The second-order valence-corrected chi connectivity index (χ2v) is 8.30. The number of hydrogen-bond donors (Lipinski definition) is 0. The van der Waals surface area contributed by atoms with E-state index in [9.17, 15) is 9.18 Å². The third-order valence-corrected chi connectivity index (χ3v) is 6.13. The van der Waals surface area contributed by atoms with Crippen molar-refractivity contribution in [2.24, 2.45) is 0 Å². The average Bonchev–Trinajstić information content (AvgIpc) is 3.08. The molecular weight excluding hydrogens is 433 g/mol. The van der Waals surface area contributed by atoms with E-state index in [1.165, 1.54) is 12.1 Å². The van der Waals surface area contributed by atoms with Gasteiger partial charge in [-0.15, -0.1) is 0 Å². The third-order valence-electron chi connectivity index (χ3n) is 6.13. The van der Waals surface area contributed by atoms with Crippen LogP contribution in [0.2, 0.25) is 0 Å². The highest BCUT2D eigenvalue weighted by Crippen LogP contribution is 2.28. The number of anilines is 1. The second-order valence-electron chi connectivity index (χ2n) is 8.30. The number of amides is 1. The van der Waals surface area contributed by atoms with Gasteiger partial charge in [0.2, 0.25) is 0 Å². The first kappa shape index (κ1) is 21.6. The molecule has 0 bridgehead atoms. The van der Waals surface area contributed by atoms with E-state index in [-0.39, 0.29) is 17.4 Å². The molecule has 1 saturated heterocycles. The molecule has 0 atom stereocenters. The van der Waals surface area contributed by atoms with Gasteiger partial charge in [0.1, 0.15) is 5.82 Å². The number of nitriles is 1. The van der Waals surface area contributed by atoms with Crippen molar-refractivity contribution in [3.63, 3.8) is 0 Å². The van der Waals surface area contributed by atoms with Gasteiger partial charge in [-0.1, -0.05) is 5.16 Å². The van der Waals surface area contributed by atoms with Crippen molar-refractivity contribution >= 4 is 22.7 Å². The van der Waals surface area contributed by atoms with Crippen LogP contribution in [-0.2, 0) is 0 Å². The molecule has 2 aromatic carbocycles. The lowest BCUT2D eigenvalue weighted by molar-refractivity contribution is 0.0769. The molecular formula is C26H22FN5O2. The number of carbonyl (C=O) groups excluding carboxylic acids is 1. The van der Waals surface area contributed by atoms with Gasteiger partial charge in [0, 0.05) is 37.4 Å². The Morgan fingerprint density at radius 1 is 1.06 bits per heavy atom. The van der Waals surface area contributed by atoms with Crippen molar-refractivity contribution < 1.29 is 13.7 Å². The number of pyridine rings is 1. The molecule has 0 N–H and O–H groups in total. The minimum absolute atomic E-state index is 0.108. The molecule has 1 fully saturated rings. The molecule has 0 radical (unpaired) electrons. The normalized spacial score (nSPS) is 14.1. The summed E-state index contributed by atoms with van der Waals surface area (Å²) in [5.41, 5.74) is 4.25. The van der Waals surface area contributed by atoms with E-state index < -0.39 is 0 Å². The fourth-order valence-corrected chi connectivity index (χ4v) is 4.33. The van der Waals surface area contributed by atoms with E-state index >= 15 is 0 Å². The number of fused-ring (bicyclic) bond motifs is 1. The van der Waals surface area contributed by atoms with Crippen LogP contribution < -0.4 is 4.90 Å². The van der Waals surface area contributed by atoms with Crippen LogP contribution in [0, 0.1) is 24.1 Å². The number of nitrogens with zero attached hydrogens (tertiary/aromatic N) is 5. The Morgan fingerprint density at radius 3 is 2.56 bits per heavy atom. The van der Waals surface area contributed by atoms with Crippen LogP contribution in [0.3, 0.4) is 0 Å². The molecule has 5 rings (SSSR count). The van der Waals surface area contributed by atoms with Crippen molar-refractivity contribution in [2.45, 2.75) is 13.3 Å². The van der Waals surface area contributed by atoms with Crippen LogP contribution in [0.25, 0.3) is 22.4 Å². The molecule has 34 heavy (non-hydrogen) atoms. The van der Waals surface area contributed by atoms with E-state index in [0.29, 0.717) is 53.1 Å². The Labute approximate surface area is 196 Å². The summed E-state index contributed by atoms with van der Waals surface area (Å²) in [5.74, 6) is -0.447. The molecule has 1 aliphatic heterocycles. The van der Waals surface area contributed by atoms with E-state index in [0.717, 1.165) is 18.7 Å². The first-order chi connectivity index (χ1) is 16.5. The quantitative estimate of drug-likeness (QED) is 0.450. The fourth-order valence-electron chi connectivity index (χ4n) is 4.33. The molecule has 7 nitrogen and oxygen atoms in total. The Bertz CT molecular complexity index is 1390. The third kappa shape index (κ3) is 4.08. The smallest absolute Gasteiger partial charge is 0.259 e. The van der Waals surface area contributed by atoms with Gasteiger partial charge in [0.05, 0.1) is 34.0 Å². The van der Waals surface area contributed by atoms with Gasteiger partial charge in [-0.3, -0.25) is 4.79 Å². The van der Waals surface area contributed by atoms with E-state index in [4.69, 9.17) is 9.78 Å². The summed E-state index contributed by atoms with van der Waals surface area (Å²) < 4.78 is 18.8. The van der Waals surface area contributed by atoms with Crippen LogP contribution >= 0.6 is 0 Å². The molecule has 0 unspecified atom stereocenters. The first-order valence-electron chi connectivity index (χ1n) is 11.1. The zero-order chi connectivity index (χ0) is 23.7. The average molecular weight is 455 g/mol. The van der Waals surface area contributed by atoms with Gasteiger partial charge in [-0.2, -0.15) is 5.26 Å².